The summed E-state index contributed by atoms with van der Waals surface area (Å²) in [5.41, 5.74) is 1.91. The van der Waals surface area contributed by atoms with Crippen LogP contribution in [0.25, 0.3) is 0 Å². The Morgan fingerprint density at radius 2 is 1.93 bits per heavy atom. The van der Waals surface area contributed by atoms with E-state index in [1.54, 1.807) is 0 Å². The molecule has 0 aliphatic heterocycles. The Bertz CT molecular complexity index is 274. The van der Waals surface area contributed by atoms with E-state index in [9.17, 15) is 14.4 Å². The Labute approximate surface area is 86.4 Å². The zero-order chi connectivity index (χ0) is 11.7. The van der Waals surface area contributed by atoms with Crippen molar-refractivity contribution in [2.45, 2.75) is 12.8 Å². The molecule has 0 bridgehead atoms. The Morgan fingerprint density at radius 3 is 2.40 bits per heavy atom. The molecule has 0 aromatic carbocycles. The fourth-order valence-electron chi connectivity index (χ4n) is 0.748. The molecule has 0 atom stereocenters. The van der Waals surface area contributed by atoms with E-state index in [1.807, 2.05) is 5.43 Å². The first-order chi connectivity index (χ1) is 7.15. The molecule has 0 aliphatic carbocycles. The van der Waals surface area contributed by atoms with Gasteiger partial charge in [0.1, 0.15) is 5.71 Å². The number of hydrogen-bond donors (Lipinski definition) is 1. The second kappa shape index (κ2) is 7.48. The van der Waals surface area contributed by atoms with Gasteiger partial charge in [0, 0.05) is 6.42 Å². The fraction of sp³-hybridized carbons (Fsp3) is 0.500. The molecule has 7 nitrogen and oxygen atoms in total. The number of hydrazone groups is 1. The number of amides is 1. The lowest BCUT2D eigenvalue weighted by Gasteiger charge is -2.02. The van der Waals surface area contributed by atoms with Crippen LogP contribution in [0, 0.1) is 0 Å². The number of hydrogen-bond acceptors (Lipinski definition) is 6. The molecule has 0 aliphatic rings. The Morgan fingerprint density at radius 1 is 1.27 bits per heavy atom. The Hall–Kier alpha value is -1.92. The van der Waals surface area contributed by atoms with Crippen LogP contribution in [0.1, 0.15) is 12.8 Å². The molecule has 0 spiro atoms. The molecule has 0 aromatic heterocycles. The first kappa shape index (κ1) is 13.1. The quantitative estimate of drug-likeness (QED) is 0.272. The molecule has 7 heteroatoms. The van der Waals surface area contributed by atoms with Crippen molar-refractivity contribution in [3.05, 3.63) is 0 Å². The van der Waals surface area contributed by atoms with Gasteiger partial charge < -0.3 is 9.47 Å². The third kappa shape index (κ3) is 5.40. The normalized spacial score (nSPS) is 10.4. The van der Waals surface area contributed by atoms with E-state index < -0.39 is 11.9 Å². The Kier molecular flexibility index (Phi) is 6.52. The molecular weight excluding hydrogens is 204 g/mol. The van der Waals surface area contributed by atoms with Gasteiger partial charge in [-0.2, -0.15) is 5.10 Å². The van der Waals surface area contributed by atoms with Crippen LogP contribution in [-0.2, 0) is 23.9 Å². The highest BCUT2D eigenvalue weighted by Gasteiger charge is 2.14. The first-order valence-corrected chi connectivity index (χ1v) is 4.06. The van der Waals surface area contributed by atoms with E-state index in [4.69, 9.17) is 0 Å². The van der Waals surface area contributed by atoms with E-state index in [-0.39, 0.29) is 18.6 Å². The van der Waals surface area contributed by atoms with Crippen molar-refractivity contribution in [2.24, 2.45) is 5.10 Å². The molecule has 0 unspecified atom stereocenters. The third-order valence-electron chi connectivity index (χ3n) is 1.47. The number of nitrogens with zero attached hydrogens (tertiary/aromatic N) is 1. The number of carbonyl (C=O) groups is 3. The summed E-state index contributed by atoms with van der Waals surface area (Å²) in [5, 5.41) is 3.44. The van der Waals surface area contributed by atoms with Crippen molar-refractivity contribution in [3.8, 4) is 0 Å². The van der Waals surface area contributed by atoms with Crippen LogP contribution in [-0.4, -0.2) is 38.3 Å². The van der Waals surface area contributed by atoms with Crippen molar-refractivity contribution in [1.29, 1.82) is 0 Å². The van der Waals surface area contributed by atoms with Gasteiger partial charge in [-0.05, 0) is 0 Å². The highest BCUT2D eigenvalue weighted by Crippen LogP contribution is 1.97. The topological polar surface area (TPSA) is 94.1 Å². The molecule has 0 saturated carbocycles. The first-order valence-electron chi connectivity index (χ1n) is 4.06. The molecule has 84 valence electrons. The van der Waals surface area contributed by atoms with Crippen LogP contribution in [0.15, 0.2) is 5.10 Å². The minimum Gasteiger partial charge on any atom is -0.469 e. The van der Waals surface area contributed by atoms with Crippen molar-refractivity contribution >= 4 is 24.1 Å². The summed E-state index contributed by atoms with van der Waals surface area (Å²) in [6.45, 7) is 0. The lowest BCUT2D eigenvalue weighted by molar-refractivity contribution is -0.140. The summed E-state index contributed by atoms with van der Waals surface area (Å²) in [6.07, 6.45) is 0.340. The van der Waals surface area contributed by atoms with Crippen LogP contribution < -0.4 is 5.43 Å². The van der Waals surface area contributed by atoms with E-state index in [0.717, 1.165) is 0 Å². The molecule has 0 radical (unpaired) electrons. The van der Waals surface area contributed by atoms with Crippen molar-refractivity contribution in [1.82, 2.24) is 5.43 Å². The molecule has 0 rings (SSSR count). The Balaban J connectivity index is 4.31. The van der Waals surface area contributed by atoms with Crippen molar-refractivity contribution < 1.29 is 23.9 Å². The lowest BCUT2D eigenvalue weighted by Crippen LogP contribution is -2.21. The summed E-state index contributed by atoms with van der Waals surface area (Å²) in [5.74, 6) is -1.18. The molecule has 0 heterocycles. The van der Waals surface area contributed by atoms with Gasteiger partial charge in [0.25, 0.3) is 0 Å². The molecule has 15 heavy (non-hydrogen) atoms. The lowest BCUT2D eigenvalue weighted by atomic mass is 10.2. The van der Waals surface area contributed by atoms with E-state index in [2.05, 4.69) is 14.6 Å². The average molecular weight is 216 g/mol. The van der Waals surface area contributed by atoms with Gasteiger partial charge in [0.2, 0.25) is 6.41 Å². The van der Waals surface area contributed by atoms with Crippen LogP contribution in [0.3, 0.4) is 0 Å². The monoisotopic (exact) mass is 216 g/mol. The summed E-state index contributed by atoms with van der Waals surface area (Å²) in [7, 11) is 2.41. The molecule has 1 N–H and O–H groups in total. The number of ether oxygens (including phenoxy) is 2. The molecule has 0 saturated heterocycles. The van der Waals surface area contributed by atoms with Gasteiger partial charge in [-0.25, -0.2) is 10.2 Å². The second-order valence-corrected chi connectivity index (χ2v) is 2.37. The maximum atomic E-state index is 11.1. The van der Waals surface area contributed by atoms with Gasteiger partial charge >= 0.3 is 11.9 Å². The molecule has 0 fully saturated rings. The number of methoxy groups -OCH3 is 2. The minimum atomic E-state index is -0.701. The number of carbonyl (C=O) groups excluding carboxylic acids is 3. The molecule has 0 aromatic rings. The standard InChI is InChI=1S/C8H12N2O5/c1-14-7(12)4-3-6(8(13)15-2)10-9-5-11/h5H,3-4H2,1-2H3,(H,9,11)/b10-6-. The van der Waals surface area contributed by atoms with Crippen LogP contribution in [0.4, 0.5) is 0 Å². The van der Waals surface area contributed by atoms with Gasteiger partial charge in [0.05, 0.1) is 20.6 Å². The van der Waals surface area contributed by atoms with Crippen molar-refractivity contribution in [2.75, 3.05) is 14.2 Å². The summed E-state index contributed by atoms with van der Waals surface area (Å²) in [4.78, 5) is 31.8. The van der Waals surface area contributed by atoms with Gasteiger partial charge in [-0.3, -0.25) is 9.59 Å². The maximum Gasteiger partial charge on any atom is 0.354 e. The summed E-state index contributed by atoms with van der Waals surface area (Å²) >= 11 is 0. The van der Waals surface area contributed by atoms with Crippen LogP contribution >= 0.6 is 0 Å². The smallest absolute Gasteiger partial charge is 0.354 e. The SMILES string of the molecule is COC(=O)CC/C(=N/NC=O)C(=O)OC. The maximum absolute atomic E-state index is 11.1. The number of rotatable bonds is 6. The number of esters is 2. The van der Waals surface area contributed by atoms with Gasteiger partial charge in [-0.15, -0.1) is 0 Å². The second-order valence-electron chi connectivity index (χ2n) is 2.37. The third-order valence-corrected chi connectivity index (χ3v) is 1.47. The highest BCUT2D eigenvalue weighted by atomic mass is 16.5. The minimum absolute atomic E-state index is 0.00896. The summed E-state index contributed by atoms with van der Waals surface area (Å²) in [6, 6.07) is 0. The van der Waals surface area contributed by atoms with Gasteiger partial charge in [0.15, 0.2) is 0 Å². The van der Waals surface area contributed by atoms with Crippen LogP contribution in [0.2, 0.25) is 0 Å². The zero-order valence-electron chi connectivity index (χ0n) is 8.48. The number of nitrogens with one attached hydrogen (secondary N) is 1. The predicted octanol–water partition coefficient (Wildman–Crippen LogP) is -0.785. The molecule has 1 amide bonds. The average Bonchev–Trinajstić information content (AvgIpc) is 2.27. The van der Waals surface area contributed by atoms with E-state index in [1.165, 1.54) is 14.2 Å². The summed E-state index contributed by atoms with van der Waals surface area (Å²) < 4.78 is 8.78. The fourth-order valence-corrected chi connectivity index (χ4v) is 0.748. The zero-order valence-corrected chi connectivity index (χ0v) is 8.48. The largest absolute Gasteiger partial charge is 0.469 e. The van der Waals surface area contributed by atoms with Crippen molar-refractivity contribution in [3.63, 3.8) is 0 Å². The van der Waals surface area contributed by atoms with Gasteiger partial charge in [-0.1, -0.05) is 0 Å². The van der Waals surface area contributed by atoms with Crippen LogP contribution in [0.5, 0.6) is 0 Å². The van der Waals surface area contributed by atoms with E-state index in [0.29, 0.717) is 6.41 Å². The van der Waals surface area contributed by atoms with E-state index >= 15 is 0 Å². The predicted molar refractivity (Wildman–Crippen MR) is 49.9 cm³/mol. The molecular formula is C8H12N2O5. The highest BCUT2D eigenvalue weighted by molar-refractivity contribution is 6.36.